The Hall–Kier alpha value is -1.34. The summed E-state index contributed by atoms with van der Waals surface area (Å²) in [6.07, 6.45) is 3.15. The molecule has 0 spiro atoms. The summed E-state index contributed by atoms with van der Waals surface area (Å²) in [5, 5.41) is 4.09. The number of nitrogens with one attached hydrogen (secondary N) is 1. The Labute approximate surface area is 156 Å². The van der Waals surface area contributed by atoms with E-state index in [0.29, 0.717) is 23.5 Å². The minimum atomic E-state index is -0.0604. The maximum atomic E-state index is 13.2. The van der Waals surface area contributed by atoms with Crippen molar-refractivity contribution in [3.8, 4) is 0 Å². The highest BCUT2D eigenvalue weighted by Gasteiger charge is 2.25. The summed E-state index contributed by atoms with van der Waals surface area (Å²) in [4.78, 5) is 31.8. The topological polar surface area (TPSA) is 64.0 Å². The molecule has 2 aromatic rings. The van der Waals surface area contributed by atoms with Gasteiger partial charge in [0.15, 0.2) is 5.16 Å². The van der Waals surface area contributed by atoms with Crippen molar-refractivity contribution in [1.29, 1.82) is 0 Å². The van der Waals surface area contributed by atoms with Crippen LogP contribution >= 0.6 is 23.1 Å². The number of aryl methyl sites for hydroxylation is 1. The van der Waals surface area contributed by atoms with Crippen LogP contribution in [0.2, 0.25) is 0 Å². The average Bonchev–Trinajstić information content (AvgIpc) is 2.92. The highest BCUT2D eigenvalue weighted by Crippen LogP contribution is 2.36. The van der Waals surface area contributed by atoms with Gasteiger partial charge >= 0.3 is 0 Å². The molecule has 1 atom stereocenters. The molecule has 3 rings (SSSR count). The summed E-state index contributed by atoms with van der Waals surface area (Å²) in [6, 6.07) is 0. The van der Waals surface area contributed by atoms with Crippen molar-refractivity contribution in [3.63, 3.8) is 0 Å². The van der Waals surface area contributed by atoms with Crippen LogP contribution in [0.4, 0.5) is 0 Å². The maximum Gasteiger partial charge on any atom is 0.263 e. The Bertz CT molecular complexity index is 854. The molecule has 0 radical (unpaired) electrons. The number of hydrogen-bond acceptors (Lipinski definition) is 5. The lowest BCUT2D eigenvalue weighted by Gasteiger charge is -2.18. The molecule has 0 saturated heterocycles. The van der Waals surface area contributed by atoms with Gasteiger partial charge < -0.3 is 5.32 Å². The van der Waals surface area contributed by atoms with Crippen LogP contribution in [0.1, 0.15) is 37.6 Å². The summed E-state index contributed by atoms with van der Waals surface area (Å²) in [6.45, 7) is 7.07. The van der Waals surface area contributed by atoms with Crippen LogP contribution < -0.4 is 10.9 Å². The molecule has 0 saturated carbocycles. The first-order chi connectivity index (χ1) is 11.9. The first kappa shape index (κ1) is 18.5. The summed E-state index contributed by atoms with van der Waals surface area (Å²) in [5.41, 5.74) is 1.28. The number of hydrogen-bond donors (Lipinski definition) is 1. The van der Waals surface area contributed by atoms with Gasteiger partial charge in [0.05, 0.1) is 11.1 Å². The van der Waals surface area contributed by atoms with Crippen LogP contribution in [0.5, 0.6) is 0 Å². The van der Waals surface area contributed by atoms with Gasteiger partial charge in [-0.3, -0.25) is 14.2 Å². The summed E-state index contributed by atoms with van der Waals surface area (Å²) >= 11 is 3.00. The largest absolute Gasteiger partial charge is 0.358 e. The Morgan fingerprint density at radius 1 is 1.48 bits per heavy atom. The zero-order valence-electron chi connectivity index (χ0n) is 15.2. The molecule has 1 amide bonds. The smallest absolute Gasteiger partial charge is 0.263 e. The van der Waals surface area contributed by atoms with Crippen LogP contribution in [-0.2, 0) is 24.2 Å². The molecule has 25 heavy (non-hydrogen) atoms. The minimum absolute atomic E-state index is 0.0603. The van der Waals surface area contributed by atoms with Crippen LogP contribution in [0.15, 0.2) is 9.95 Å². The van der Waals surface area contributed by atoms with Crippen molar-refractivity contribution in [2.24, 2.45) is 11.8 Å². The number of amides is 1. The van der Waals surface area contributed by atoms with Crippen molar-refractivity contribution in [3.05, 3.63) is 20.8 Å². The Morgan fingerprint density at radius 2 is 2.24 bits per heavy atom. The fourth-order valence-electron chi connectivity index (χ4n) is 3.24. The van der Waals surface area contributed by atoms with Crippen molar-refractivity contribution in [1.82, 2.24) is 14.9 Å². The second kappa shape index (κ2) is 7.50. The monoisotopic (exact) mass is 379 g/mol. The number of aromatic nitrogens is 2. The van der Waals surface area contributed by atoms with E-state index in [1.807, 2.05) is 0 Å². The summed E-state index contributed by atoms with van der Waals surface area (Å²) in [7, 11) is 1.62. The fourth-order valence-corrected chi connectivity index (χ4v) is 5.55. The third-order valence-electron chi connectivity index (χ3n) is 4.54. The van der Waals surface area contributed by atoms with Gasteiger partial charge in [-0.2, -0.15) is 0 Å². The van der Waals surface area contributed by atoms with Gasteiger partial charge in [-0.15, -0.1) is 11.3 Å². The SMILES string of the molecule is CNC(=O)CSc1nc2sc3c(c2c(=O)n1CC(C)C)CC[C@@H](C)C3. The number of carbonyl (C=O) groups is 1. The number of rotatable bonds is 5. The molecular weight excluding hydrogens is 354 g/mol. The third kappa shape index (κ3) is 3.77. The first-order valence-corrected chi connectivity index (χ1v) is 10.6. The van der Waals surface area contributed by atoms with E-state index < -0.39 is 0 Å². The van der Waals surface area contributed by atoms with Crippen LogP contribution in [0.25, 0.3) is 10.2 Å². The Balaban J connectivity index is 2.11. The second-order valence-corrected chi connectivity index (χ2v) is 9.22. The zero-order chi connectivity index (χ0) is 18.1. The molecule has 136 valence electrons. The lowest BCUT2D eigenvalue weighted by molar-refractivity contribution is -0.118. The molecule has 0 fully saturated rings. The van der Waals surface area contributed by atoms with Crippen molar-refractivity contribution < 1.29 is 4.79 Å². The van der Waals surface area contributed by atoms with Gasteiger partial charge in [-0.25, -0.2) is 4.98 Å². The third-order valence-corrected chi connectivity index (χ3v) is 6.66. The van der Waals surface area contributed by atoms with Crippen LogP contribution in [0.3, 0.4) is 0 Å². The molecule has 5 nitrogen and oxygen atoms in total. The Morgan fingerprint density at radius 3 is 2.92 bits per heavy atom. The van der Waals surface area contributed by atoms with E-state index in [4.69, 9.17) is 4.98 Å². The van der Waals surface area contributed by atoms with Crippen molar-refractivity contribution >= 4 is 39.2 Å². The molecular formula is C18H25N3O2S2. The van der Waals surface area contributed by atoms with Crippen LogP contribution in [0, 0.1) is 11.8 Å². The molecule has 0 unspecified atom stereocenters. The van der Waals surface area contributed by atoms with Gasteiger partial charge in [0, 0.05) is 18.5 Å². The molecule has 0 bridgehead atoms. The van der Waals surface area contributed by atoms with E-state index in [2.05, 4.69) is 26.1 Å². The molecule has 0 aliphatic heterocycles. The standard InChI is InChI=1S/C18H25N3O2S2/c1-10(2)8-21-17(23)15-12-6-5-11(3)7-13(12)25-16(15)20-18(21)24-9-14(22)19-4/h10-11H,5-9H2,1-4H3,(H,19,22)/t11-/m1/s1. The highest BCUT2D eigenvalue weighted by atomic mass is 32.2. The van der Waals surface area contributed by atoms with E-state index in [1.165, 1.54) is 22.2 Å². The lowest BCUT2D eigenvalue weighted by atomic mass is 9.89. The van der Waals surface area contributed by atoms with Crippen molar-refractivity contribution in [2.75, 3.05) is 12.8 Å². The highest BCUT2D eigenvalue weighted by molar-refractivity contribution is 7.99. The van der Waals surface area contributed by atoms with E-state index in [9.17, 15) is 9.59 Å². The lowest BCUT2D eigenvalue weighted by Crippen LogP contribution is -2.27. The van der Waals surface area contributed by atoms with E-state index >= 15 is 0 Å². The van der Waals surface area contributed by atoms with E-state index in [0.717, 1.165) is 29.5 Å². The molecule has 7 heteroatoms. The second-order valence-electron chi connectivity index (χ2n) is 7.20. The molecule has 1 aliphatic rings. The van der Waals surface area contributed by atoms with Gasteiger partial charge in [-0.05, 0) is 36.7 Å². The first-order valence-electron chi connectivity index (χ1n) is 8.79. The molecule has 0 aromatic carbocycles. The van der Waals surface area contributed by atoms with Crippen LogP contribution in [-0.4, -0.2) is 28.3 Å². The van der Waals surface area contributed by atoms with Gasteiger partial charge in [0.25, 0.3) is 5.56 Å². The van der Waals surface area contributed by atoms with Gasteiger partial charge in [0.1, 0.15) is 4.83 Å². The predicted molar refractivity (Wildman–Crippen MR) is 105 cm³/mol. The minimum Gasteiger partial charge on any atom is -0.358 e. The number of thioether (sulfide) groups is 1. The Kier molecular flexibility index (Phi) is 5.53. The quantitative estimate of drug-likeness (QED) is 0.640. The predicted octanol–water partition coefficient (Wildman–Crippen LogP) is 3.08. The molecule has 1 aliphatic carbocycles. The average molecular weight is 380 g/mol. The molecule has 2 heterocycles. The van der Waals surface area contributed by atoms with Crippen molar-refractivity contribution in [2.45, 2.75) is 51.7 Å². The number of nitrogens with zero attached hydrogens (tertiary/aromatic N) is 2. The summed E-state index contributed by atoms with van der Waals surface area (Å²) in [5.74, 6) is 1.22. The van der Waals surface area contributed by atoms with E-state index in [1.54, 1.807) is 23.0 Å². The number of thiophene rings is 1. The normalized spacial score (nSPS) is 17.1. The van der Waals surface area contributed by atoms with Gasteiger partial charge in [-0.1, -0.05) is 32.5 Å². The van der Waals surface area contributed by atoms with Gasteiger partial charge in [0.2, 0.25) is 5.91 Å². The number of fused-ring (bicyclic) bond motifs is 3. The number of carbonyl (C=O) groups excluding carboxylic acids is 1. The zero-order valence-corrected chi connectivity index (χ0v) is 16.9. The summed E-state index contributed by atoms with van der Waals surface area (Å²) < 4.78 is 1.77. The maximum absolute atomic E-state index is 13.2. The molecule has 1 N–H and O–H groups in total. The molecule has 2 aromatic heterocycles. The van der Waals surface area contributed by atoms with E-state index in [-0.39, 0.29) is 17.2 Å². The fraction of sp³-hybridized carbons (Fsp3) is 0.611.